The van der Waals surface area contributed by atoms with Gasteiger partial charge in [0, 0.05) is 44.1 Å². The van der Waals surface area contributed by atoms with Crippen LogP contribution in [-0.2, 0) is 0 Å². The second-order valence-corrected chi connectivity index (χ2v) is 7.55. The molecule has 0 spiro atoms. The van der Waals surface area contributed by atoms with Crippen molar-refractivity contribution in [1.82, 2.24) is 14.3 Å². The van der Waals surface area contributed by atoms with Gasteiger partial charge in [-0.15, -0.1) is 0 Å². The quantitative estimate of drug-likeness (QED) is 0.543. The van der Waals surface area contributed by atoms with Crippen molar-refractivity contribution < 1.29 is 9.18 Å². The lowest BCUT2D eigenvalue weighted by molar-refractivity contribution is 0.208. The first-order valence-corrected chi connectivity index (χ1v) is 10.0. The van der Waals surface area contributed by atoms with Gasteiger partial charge in [0.2, 0.25) is 0 Å². The fraction of sp³-hybridized carbons (Fsp3) is 0.217. The van der Waals surface area contributed by atoms with Gasteiger partial charge in [-0.2, -0.15) is 0 Å². The van der Waals surface area contributed by atoms with Gasteiger partial charge in [0.05, 0.1) is 16.6 Å². The van der Waals surface area contributed by atoms with E-state index in [-0.39, 0.29) is 11.8 Å². The van der Waals surface area contributed by atoms with E-state index in [2.05, 4.69) is 10.2 Å². The maximum Gasteiger partial charge on any atom is 0.321 e. The Morgan fingerprint density at radius 3 is 2.60 bits per heavy atom. The van der Waals surface area contributed by atoms with Crippen molar-refractivity contribution in [2.24, 2.45) is 0 Å². The highest BCUT2D eigenvalue weighted by Crippen LogP contribution is 2.27. The van der Waals surface area contributed by atoms with Crippen LogP contribution in [0, 0.1) is 12.7 Å². The number of halogens is 1. The van der Waals surface area contributed by atoms with Crippen LogP contribution in [0.25, 0.3) is 16.6 Å². The number of amides is 2. The molecule has 1 aliphatic rings. The van der Waals surface area contributed by atoms with Crippen LogP contribution in [0.3, 0.4) is 0 Å². The zero-order chi connectivity index (χ0) is 20.7. The number of para-hydroxylation sites is 1. The molecule has 6 nitrogen and oxygen atoms in total. The van der Waals surface area contributed by atoms with Gasteiger partial charge in [0.25, 0.3) is 0 Å². The van der Waals surface area contributed by atoms with Crippen molar-refractivity contribution in [1.29, 1.82) is 0 Å². The Morgan fingerprint density at radius 1 is 1.00 bits per heavy atom. The van der Waals surface area contributed by atoms with Crippen LogP contribution in [0.2, 0.25) is 0 Å². The van der Waals surface area contributed by atoms with Crippen molar-refractivity contribution in [3.63, 3.8) is 0 Å². The fourth-order valence-electron chi connectivity index (χ4n) is 4.00. The number of hydrogen-bond donors (Lipinski definition) is 1. The van der Waals surface area contributed by atoms with E-state index >= 15 is 0 Å². The van der Waals surface area contributed by atoms with E-state index in [1.165, 1.54) is 12.1 Å². The lowest BCUT2D eigenvalue weighted by Gasteiger charge is -2.35. The molecule has 30 heavy (non-hydrogen) atoms. The molecule has 5 rings (SSSR count). The Balaban J connectivity index is 1.36. The Morgan fingerprint density at radius 2 is 1.80 bits per heavy atom. The minimum Gasteiger partial charge on any atom is -0.351 e. The van der Waals surface area contributed by atoms with Gasteiger partial charge in [-0.05, 0) is 42.8 Å². The van der Waals surface area contributed by atoms with E-state index in [9.17, 15) is 9.18 Å². The lowest BCUT2D eigenvalue weighted by Crippen LogP contribution is -2.50. The maximum atomic E-state index is 13.8. The number of anilines is 2. The Kier molecular flexibility index (Phi) is 4.50. The van der Waals surface area contributed by atoms with Crippen molar-refractivity contribution in [2.45, 2.75) is 6.92 Å². The molecule has 0 bridgehead atoms. The standard InChI is InChI=1S/C23H22FN5O/c1-16-5-2-3-6-18(16)26-23(30)28-13-11-27(12-14-28)22-21-7-4-10-29(21)20-9-8-17(24)15-19(20)25-22/h2-10,15H,11-14H2,1H3,(H,26,30). The highest BCUT2D eigenvalue weighted by molar-refractivity contribution is 5.90. The molecular formula is C23H22FN5O. The number of fused-ring (bicyclic) bond motifs is 3. The second-order valence-electron chi connectivity index (χ2n) is 7.55. The smallest absolute Gasteiger partial charge is 0.321 e. The van der Waals surface area contributed by atoms with Crippen LogP contribution in [-0.4, -0.2) is 46.5 Å². The number of hydrogen-bond acceptors (Lipinski definition) is 3. The van der Waals surface area contributed by atoms with Crippen molar-refractivity contribution >= 4 is 34.1 Å². The number of carbonyl (C=O) groups excluding carboxylic acids is 1. The molecule has 4 aromatic rings. The molecule has 152 valence electrons. The Hall–Kier alpha value is -3.61. The monoisotopic (exact) mass is 403 g/mol. The molecule has 1 fully saturated rings. The summed E-state index contributed by atoms with van der Waals surface area (Å²) in [5, 5.41) is 3.00. The topological polar surface area (TPSA) is 52.9 Å². The molecule has 2 amide bonds. The third kappa shape index (κ3) is 3.22. The van der Waals surface area contributed by atoms with E-state index < -0.39 is 0 Å². The third-order valence-corrected chi connectivity index (χ3v) is 5.65. The maximum absolute atomic E-state index is 13.8. The largest absolute Gasteiger partial charge is 0.351 e. The van der Waals surface area contributed by atoms with E-state index in [0.717, 1.165) is 28.1 Å². The van der Waals surface area contributed by atoms with Crippen molar-refractivity contribution in [2.75, 3.05) is 36.4 Å². The average Bonchev–Trinajstić information content (AvgIpc) is 3.25. The fourth-order valence-corrected chi connectivity index (χ4v) is 4.00. The SMILES string of the molecule is Cc1ccccc1NC(=O)N1CCN(c2nc3cc(F)ccc3n3cccc23)CC1. The number of nitrogens with zero attached hydrogens (tertiary/aromatic N) is 4. The molecule has 0 radical (unpaired) electrons. The molecule has 3 heterocycles. The molecule has 0 unspecified atom stereocenters. The molecule has 1 saturated heterocycles. The summed E-state index contributed by atoms with van der Waals surface area (Å²) >= 11 is 0. The number of benzene rings is 2. The summed E-state index contributed by atoms with van der Waals surface area (Å²) in [5.74, 6) is 0.516. The highest BCUT2D eigenvalue weighted by Gasteiger charge is 2.24. The van der Waals surface area contributed by atoms with Crippen LogP contribution in [0.1, 0.15) is 5.56 Å². The minimum absolute atomic E-state index is 0.0923. The molecule has 1 N–H and O–H groups in total. The van der Waals surface area contributed by atoms with Crippen molar-refractivity contribution in [3.05, 3.63) is 72.2 Å². The van der Waals surface area contributed by atoms with Crippen molar-refractivity contribution in [3.8, 4) is 0 Å². The second kappa shape index (κ2) is 7.33. The van der Waals surface area contributed by atoms with Gasteiger partial charge in [-0.3, -0.25) is 0 Å². The normalized spacial score (nSPS) is 14.5. The number of nitrogens with one attached hydrogen (secondary N) is 1. The van der Waals surface area contributed by atoms with Gasteiger partial charge in [0.1, 0.15) is 5.82 Å². The van der Waals surface area contributed by atoms with E-state index in [4.69, 9.17) is 4.98 Å². The summed E-state index contributed by atoms with van der Waals surface area (Å²) in [5.41, 5.74) is 4.34. The molecule has 1 aliphatic heterocycles. The summed E-state index contributed by atoms with van der Waals surface area (Å²) in [7, 11) is 0. The summed E-state index contributed by atoms with van der Waals surface area (Å²) in [6.07, 6.45) is 1.96. The van der Waals surface area contributed by atoms with Crippen LogP contribution >= 0.6 is 0 Å². The predicted molar refractivity (Wildman–Crippen MR) is 117 cm³/mol. The highest BCUT2D eigenvalue weighted by atomic mass is 19.1. The first kappa shape index (κ1) is 18.4. The zero-order valence-electron chi connectivity index (χ0n) is 16.7. The predicted octanol–water partition coefficient (Wildman–Crippen LogP) is 4.29. The zero-order valence-corrected chi connectivity index (χ0v) is 16.7. The minimum atomic E-state index is -0.301. The average molecular weight is 403 g/mol. The Bertz CT molecular complexity index is 1240. The number of aryl methyl sites for hydroxylation is 1. The van der Waals surface area contributed by atoms with E-state index in [1.807, 2.05) is 58.8 Å². The molecule has 7 heteroatoms. The summed E-state index contributed by atoms with van der Waals surface area (Å²) in [4.78, 5) is 21.4. The molecule has 0 atom stereocenters. The van der Waals surface area contributed by atoms with Gasteiger partial charge in [-0.25, -0.2) is 14.2 Å². The Labute approximate surface area is 173 Å². The van der Waals surface area contributed by atoms with Gasteiger partial charge >= 0.3 is 6.03 Å². The number of rotatable bonds is 2. The first-order chi connectivity index (χ1) is 14.6. The van der Waals surface area contributed by atoms with Crippen LogP contribution < -0.4 is 10.2 Å². The van der Waals surface area contributed by atoms with E-state index in [1.54, 1.807) is 6.07 Å². The number of urea groups is 1. The van der Waals surface area contributed by atoms with Crippen LogP contribution in [0.5, 0.6) is 0 Å². The van der Waals surface area contributed by atoms with Crippen LogP contribution in [0.15, 0.2) is 60.8 Å². The van der Waals surface area contributed by atoms with E-state index in [0.29, 0.717) is 31.7 Å². The summed E-state index contributed by atoms with van der Waals surface area (Å²) < 4.78 is 15.8. The number of aromatic nitrogens is 2. The molecular weight excluding hydrogens is 381 g/mol. The number of piperazine rings is 1. The van der Waals surface area contributed by atoms with Gasteiger partial charge in [-0.1, -0.05) is 18.2 Å². The van der Waals surface area contributed by atoms with Gasteiger partial charge < -0.3 is 19.5 Å². The molecule has 0 aliphatic carbocycles. The summed E-state index contributed by atoms with van der Waals surface area (Å²) in [6, 6.07) is 16.3. The molecule has 0 saturated carbocycles. The summed E-state index contributed by atoms with van der Waals surface area (Å²) in [6.45, 7) is 4.48. The lowest BCUT2D eigenvalue weighted by atomic mass is 10.2. The molecule has 2 aromatic heterocycles. The third-order valence-electron chi connectivity index (χ3n) is 5.65. The number of carbonyl (C=O) groups is 1. The van der Waals surface area contributed by atoms with Crippen LogP contribution in [0.4, 0.5) is 20.7 Å². The first-order valence-electron chi connectivity index (χ1n) is 10.0. The molecule has 2 aromatic carbocycles. The van der Waals surface area contributed by atoms with Gasteiger partial charge in [0.15, 0.2) is 5.82 Å².